The number of likely N-dealkylation sites (tertiary alicyclic amines) is 1. The molecular weight excluding hydrogens is 266 g/mol. The normalized spacial score (nSPS) is 24.4. The van der Waals surface area contributed by atoms with Gasteiger partial charge in [-0.3, -0.25) is 4.90 Å². The van der Waals surface area contributed by atoms with Gasteiger partial charge in [0.15, 0.2) is 0 Å². The lowest BCUT2D eigenvalue weighted by atomic mass is 9.98. The van der Waals surface area contributed by atoms with E-state index in [1.807, 2.05) is 18.2 Å². The molecule has 20 heavy (non-hydrogen) atoms. The molecule has 0 aromatic heterocycles. The molecule has 0 radical (unpaired) electrons. The first-order chi connectivity index (χ1) is 9.81. The summed E-state index contributed by atoms with van der Waals surface area (Å²) < 4.78 is 0. The van der Waals surface area contributed by atoms with E-state index in [1.54, 1.807) is 0 Å². The van der Waals surface area contributed by atoms with Crippen LogP contribution in [0.15, 0.2) is 30.3 Å². The molecular formula is C18H24ClN. The monoisotopic (exact) mass is 289 g/mol. The minimum atomic E-state index is 0.764. The molecule has 0 spiro atoms. The van der Waals surface area contributed by atoms with E-state index in [-0.39, 0.29) is 0 Å². The van der Waals surface area contributed by atoms with Crippen molar-refractivity contribution in [2.75, 3.05) is 13.1 Å². The first kappa shape index (κ1) is 14.2. The quantitative estimate of drug-likeness (QED) is 0.737. The topological polar surface area (TPSA) is 3.24 Å². The van der Waals surface area contributed by atoms with Gasteiger partial charge >= 0.3 is 0 Å². The molecule has 0 bridgehead atoms. The highest BCUT2D eigenvalue weighted by atomic mass is 35.5. The molecule has 108 valence electrons. The molecule has 1 aromatic rings. The Bertz CT molecular complexity index is 464. The fraction of sp³-hybridized carbons (Fsp3) is 0.556. The van der Waals surface area contributed by atoms with E-state index in [0.29, 0.717) is 0 Å². The van der Waals surface area contributed by atoms with Crippen LogP contribution in [0.1, 0.15) is 44.1 Å². The van der Waals surface area contributed by atoms with E-state index in [2.05, 4.69) is 23.1 Å². The molecule has 0 amide bonds. The second kappa shape index (κ2) is 6.78. The SMILES string of the molecule is Clc1cccc(C=CCC2CCCCN2CC2CC2)c1. The van der Waals surface area contributed by atoms with Crippen LogP contribution in [-0.2, 0) is 0 Å². The zero-order valence-corrected chi connectivity index (χ0v) is 12.9. The summed E-state index contributed by atoms with van der Waals surface area (Å²) in [5, 5.41) is 0.820. The lowest BCUT2D eigenvalue weighted by Crippen LogP contribution is -2.40. The Labute approximate surface area is 127 Å². The van der Waals surface area contributed by atoms with Crippen LogP contribution in [0, 0.1) is 5.92 Å². The minimum Gasteiger partial charge on any atom is -0.300 e. The standard InChI is InChI=1S/C18H24ClN/c19-17-7-3-5-15(13-17)6-4-9-18-8-1-2-12-20(18)14-16-10-11-16/h3-7,13,16,18H,1-2,8-12,14H2. The largest absolute Gasteiger partial charge is 0.300 e. The van der Waals surface area contributed by atoms with Crippen molar-refractivity contribution in [2.24, 2.45) is 5.92 Å². The van der Waals surface area contributed by atoms with E-state index in [0.717, 1.165) is 17.0 Å². The molecule has 3 rings (SSSR count). The molecule has 0 N–H and O–H groups in total. The first-order valence-electron chi connectivity index (χ1n) is 7.97. The number of piperidine rings is 1. The predicted molar refractivity (Wildman–Crippen MR) is 87.0 cm³/mol. The summed E-state index contributed by atoms with van der Waals surface area (Å²) in [6.07, 6.45) is 12.8. The predicted octanol–water partition coefficient (Wildman–Crippen LogP) is 5.01. The van der Waals surface area contributed by atoms with Gasteiger partial charge in [-0.2, -0.15) is 0 Å². The molecule has 2 heteroatoms. The van der Waals surface area contributed by atoms with Gasteiger partial charge in [0.1, 0.15) is 0 Å². The van der Waals surface area contributed by atoms with E-state index < -0.39 is 0 Å². The molecule has 1 nitrogen and oxygen atoms in total. The molecule has 1 atom stereocenters. The fourth-order valence-electron chi connectivity index (χ4n) is 3.17. The van der Waals surface area contributed by atoms with Gasteiger partial charge in [0.25, 0.3) is 0 Å². The molecule has 1 heterocycles. The van der Waals surface area contributed by atoms with E-state index >= 15 is 0 Å². The summed E-state index contributed by atoms with van der Waals surface area (Å²) in [5.74, 6) is 1.01. The number of rotatable bonds is 5. The molecule has 2 fully saturated rings. The number of hydrogen-bond donors (Lipinski definition) is 0. The Hall–Kier alpha value is -0.790. The molecule has 1 aliphatic heterocycles. The lowest BCUT2D eigenvalue weighted by molar-refractivity contribution is 0.143. The van der Waals surface area contributed by atoms with Gasteiger partial charge < -0.3 is 0 Å². The molecule has 2 aliphatic rings. The van der Waals surface area contributed by atoms with Gasteiger partial charge in [-0.05, 0) is 62.3 Å². The maximum Gasteiger partial charge on any atom is 0.0411 e. The van der Waals surface area contributed by atoms with Crippen molar-refractivity contribution in [1.82, 2.24) is 4.90 Å². The average Bonchev–Trinajstić information content (AvgIpc) is 3.25. The minimum absolute atomic E-state index is 0.764. The highest BCUT2D eigenvalue weighted by molar-refractivity contribution is 6.30. The summed E-state index contributed by atoms with van der Waals surface area (Å²) in [7, 11) is 0. The Morgan fingerprint density at radius 2 is 2.10 bits per heavy atom. The molecule has 1 saturated heterocycles. The summed E-state index contributed by atoms with van der Waals surface area (Å²) in [6, 6.07) is 8.85. The molecule has 1 saturated carbocycles. The van der Waals surface area contributed by atoms with Crippen LogP contribution in [-0.4, -0.2) is 24.0 Å². The maximum atomic E-state index is 6.02. The van der Waals surface area contributed by atoms with Crippen molar-refractivity contribution in [3.63, 3.8) is 0 Å². The first-order valence-corrected chi connectivity index (χ1v) is 8.35. The number of nitrogens with zero attached hydrogens (tertiary/aromatic N) is 1. The summed E-state index contributed by atoms with van der Waals surface area (Å²) in [5.41, 5.74) is 1.21. The van der Waals surface area contributed by atoms with Crippen LogP contribution >= 0.6 is 11.6 Å². The van der Waals surface area contributed by atoms with Gasteiger partial charge in [-0.25, -0.2) is 0 Å². The smallest absolute Gasteiger partial charge is 0.0411 e. The highest BCUT2D eigenvalue weighted by Crippen LogP contribution is 2.32. The summed E-state index contributed by atoms with van der Waals surface area (Å²) in [4.78, 5) is 2.74. The van der Waals surface area contributed by atoms with Crippen molar-refractivity contribution in [1.29, 1.82) is 0 Å². The van der Waals surface area contributed by atoms with E-state index in [1.165, 1.54) is 57.2 Å². The van der Waals surface area contributed by atoms with E-state index in [9.17, 15) is 0 Å². The zero-order chi connectivity index (χ0) is 13.8. The van der Waals surface area contributed by atoms with Crippen LogP contribution in [0.4, 0.5) is 0 Å². The zero-order valence-electron chi connectivity index (χ0n) is 12.1. The third-order valence-corrected chi connectivity index (χ3v) is 4.74. The van der Waals surface area contributed by atoms with E-state index in [4.69, 9.17) is 11.6 Å². The second-order valence-electron chi connectivity index (χ2n) is 6.28. The lowest BCUT2D eigenvalue weighted by Gasteiger charge is -2.35. The second-order valence-corrected chi connectivity index (χ2v) is 6.72. The van der Waals surface area contributed by atoms with Gasteiger partial charge in [-0.1, -0.05) is 42.3 Å². The molecule has 1 aliphatic carbocycles. The van der Waals surface area contributed by atoms with Crippen LogP contribution in [0.2, 0.25) is 5.02 Å². The van der Waals surface area contributed by atoms with Crippen LogP contribution in [0.3, 0.4) is 0 Å². The maximum absolute atomic E-state index is 6.02. The van der Waals surface area contributed by atoms with Gasteiger partial charge in [0.05, 0.1) is 0 Å². The number of halogens is 1. The van der Waals surface area contributed by atoms with Crippen molar-refractivity contribution >= 4 is 17.7 Å². The van der Waals surface area contributed by atoms with Crippen molar-refractivity contribution in [3.8, 4) is 0 Å². The van der Waals surface area contributed by atoms with Crippen molar-refractivity contribution < 1.29 is 0 Å². The van der Waals surface area contributed by atoms with Crippen molar-refractivity contribution in [2.45, 2.75) is 44.6 Å². The number of benzene rings is 1. The molecule has 1 aromatic carbocycles. The number of hydrogen-bond acceptors (Lipinski definition) is 1. The Morgan fingerprint density at radius 3 is 2.90 bits per heavy atom. The third-order valence-electron chi connectivity index (χ3n) is 4.51. The Morgan fingerprint density at radius 1 is 1.20 bits per heavy atom. The summed E-state index contributed by atoms with van der Waals surface area (Å²) >= 11 is 6.02. The van der Waals surface area contributed by atoms with Crippen LogP contribution < -0.4 is 0 Å². The molecule has 1 unspecified atom stereocenters. The third kappa shape index (κ3) is 4.10. The highest BCUT2D eigenvalue weighted by Gasteiger charge is 2.28. The Kier molecular flexibility index (Phi) is 4.80. The van der Waals surface area contributed by atoms with Gasteiger partial charge in [-0.15, -0.1) is 0 Å². The van der Waals surface area contributed by atoms with Crippen LogP contribution in [0.25, 0.3) is 6.08 Å². The fourth-order valence-corrected chi connectivity index (χ4v) is 3.37. The van der Waals surface area contributed by atoms with Crippen molar-refractivity contribution in [3.05, 3.63) is 40.9 Å². The van der Waals surface area contributed by atoms with Crippen LogP contribution in [0.5, 0.6) is 0 Å². The summed E-state index contributed by atoms with van der Waals surface area (Å²) in [6.45, 7) is 2.65. The van der Waals surface area contributed by atoms with Gasteiger partial charge in [0.2, 0.25) is 0 Å². The average molecular weight is 290 g/mol. The van der Waals surface area contributed by atoms with Gasteiger partial charge in [0, 0.05) is 17.6 Å². The Balaban J connectivity index is 1.54.